The molecule has 0 saturated carbocycles. The van der Waals surface area contributed by atoms with Gasteiger partial charge in [0.2, 0.25) is 5.91 Å². The summed E-state index contributed by atoms with van der Waals surface area (Å²) in [4.78, 5) is 26.8. The second-order valence-corrected chi connectivity index (χ2v) is 7.49. The smallest absolute Gasteiger partial charge is 0.254 e. The topological polar surface area (TPSA) is 58.6 Å². The Morgan fingerprint density at radius 3 is 2.41 bits per heavy atom. The first-order chi connectivity index (χ1) is 13.1. The highest BCUT2D eigenvalue weighted by Gasteiger charge is 2.25. The zero-order chi connectivity index (χ0) is 19.2. The molecule has 142 valence electrons. The molecule has 0 radical (unpaired) electrons. The fourth-order valence-corrected chi connectivity index (χ4v) is 3.69. The van der Waals surface area contributed by atoms with Gasteiger partial charge in [-0.05, 0) is 58.6 Å². The summed E-state index contributed by atoms with van der Waals surface area (Å²) in [6.45, 7) is 1.29. The molecule has 0 spiro atoms. The molecule has 5 nitrogen and oxygen atoms in total. The fraction of sp³-hybridized carbons (Fsp3) is 0.333. The zero-order valence-electron chi connectivity index (χ0n) is 15.3. The lowest BCUT2D eigenvalue weighted by Gasteiger charge is -2.32. The molecule has 0 aromatic heterocycles. The van der Waals surface area contributed by atoms with E-state index >= 15 is 0 Å². The van der Waals surface area contributed by atoms with Crippen molar-refractivity contribution in [2.75, 3.05) is 20.2 Å². The minimum Gasteiger partial charge on any atom is -0.497 e. The van der Waals surface area contributed by atoms with Crippen LogP contribution in [-0.4, -0.2) is 43.0 Å². The first kappa shape index (κ1) is 19.4. The predicted octanol–water partition coefficient (Wildman–Crippen LogP) is 3.42. The van der Waals surface area contributed by atoms with E-state index in [9.17, 15) is 9.59 Å². The summed E-state index contributed by atoms with van der Waals surface area (Å²) in [7, 11) is 1.62. The molecule has 1 aliphatic heterocycles. The molecular formula is C21H23BrN2O3. The molecule has 6 heteroatoms. The van der Waals surface area contributed by atoms with Gasteiger partial charge in [-0.15, -0.1) is 0 Å². The number of rotatable bonds is 5. The third-order valence-corrected chi connectivity index (χ3v) is 5.47. The molecule has 0 unspecified atom stereocenters. The van der Waals surface area contributed by atoms with Gasteiger partial charge >= 0.3 is 0 Å². The minimum absolute atomic E-state index is 0.00995. The molecule has 1 N–H and O–H groups in total. The molecule has 0 aliphatic carbocycles. The van der Waals surface area contributed by atoms with Crippen LogP contribution in [0.25, 0.3) is 0 Å². The van der Waals surface area contributed by atoms with Gasteiger partial charge in [0.1, 0.15) is 5.75 Å². The number of nitrogens with zero attached hydrogens (tertiary/aromatic N) is 1. The molecule has 2 aromatic carbocycles. The van der Waals surface area contributed by atoms with E-state index in [4.69, 9.17) is 4.74 Å². The number of piperidine rings is 1. The Labute approximate surface area is 167 Å². The highest BCUT2D eigenvalue weighted by atomic mass is 79.9. The van der Waals surface area contributed by atoms with Crippen molar-refractivity contribution >= 4 is 27.7 Å². The zero-order valence-corrected chi connectivity index (χ0v) is 16.9. The maximum atomic E-state index is 12.6. The summed E-state index contributed by atoms with van der Waals surface area (Å²) in [6, 6.07) is 15.1. The average Bonchev–Trinajstić information content (AvgIpc) is 2.69. The van der Waals surface area contributed by atoms with Gasteiger partial charge in [-0.3, -0.25) is 9.59 Å². The van der Waals surface area contributed by atoms with Gasteiger partial charge in [-0.2, -0.15) is 0 Å². The molecule has 2 aromatic rings. The summed E-state index contributed by atoms with van der Waals surface area (Å²) >= 11 is 3.44. The van der Waals surface area contributed by atoms with E-state index in [1.807, 2.05) is 53.4 Å². The van der Waals surface area contributed by atoms with Crippen molar-refractivity contribution in [3.05, 3.63) is 64.1 Å². The summed E-state index contributed by atoms with van der Waals surface area (Å²) in [6.07, 6.45) is 1.88. The van der Waals surface area contributed by atoms with E-state index in [0.29, 0.717) is 25.1 Å². The summed E-state index contributed by atoms with van der Waals surface area (Å²) < 4.78 is 5.94. The van der Waals surface area contributed by atoms with Crippen molar-refractivity contribution in [2.24, 2.45) is 0 Å². The lowest BCUT2D eigenvalue weighted by molar-refractivity contribution is -0.121. The number of likely N-dealkylation sites (tertiary alicyclic amines) is 1. The van der Waals surface area contributed by atoms with Crippen molar-refractivity contribution in [2.45, 2.75) is 25.3 Å². The van der Waals surface area contributed by atoms with Crippen LogP contribution in [0.2, 0.25) is 0 Å². The van der Waals surface area contributed by atoms with E-state index in [0.717, 1.165) is 28.6 Å². The number of carbonyl (C=O) groups excluding carboxylic acids is 2. The maximum Gasteiger partial charge on any atom is 0.254 e. The van der Waals surface area contributed by atoms with Gasteiger partial charge in [0.15, 0.2) is 0 Å². The Morgan fingerprint density at radius 1 is 1.11 bits per heavy atom. The third kappa shape index (κ3) is 5.10. The predicted molar refractivity (Wildman–Crippen MR) is 108 cm³/mol. The first-order valence-corrected chi connectivity index (χ1v) is 9.82. The van der Waals surface area contributed by atoms with Crippen molar-refractivity contribution in [1.29, 1.82) is 0 Å². The van der Waals surface area contributed by atoms with Crippen molar-refractivity contribution in [3.8, 4) is 5.75 Å². The van der Waals surface area contributed by atoms with E-state index < -0.39 is 0 Å². The highest BCUT2D eigenvalue weighted by Crippen LogP contribution is 2.20. The van der Waals surface area contributed by atoms with Crippen molar-refractivity contribution in [3.63, 3.8) is 0 Å². The van der Waals surface area contributed by atoms with Gasteiger partial charge in [0, 0.05) is 23.6 Å². The molecule has 1 heterocycles. The van der Waals surface area contributed by atoms with Crippen LogP contribution in [0.4, 0.5) is 0 Å². The molecular weight excluding hydrogens is 408 g/mol. The highest BCUT2D eigenvalue weighted by molar-refractivity contribution is 9.10. The Bertz CT molecular complexity index is 799. The summed E-state index contributed by atoms with van der Waals surface area (Å²) in [5.74, 6) is 0.822. The number of carbonyl (C=O) groups is 2. The van der Waals surface area contributed by atoms with Crippen molar-refractivity contribution < 1.29 is 14.3 Å². The number of benzene rings is 2. The van der Waals surface area contributed by atoms with Crippen LogP contribution in [0, 0.1) is 0 Å². The Morgan fingerprint density at radius 2 is 1.78 bits per heavy atom. The normalized spacial score (nSPS) is 14.7. The average molecular weight is 431 g/mol. The van der Waals surface area contributed by atoms with Crippen LogP contribution in [0.1, 0.15) is 28.8 Å². The fourth-order valence-electron chi connectivity index (χ4n) is 3.24. The maximum absolute atomic E-state index is 12.6. The van der Waals surface area contributed by atoms with Crippen LogP contribution in [0.5, 0.6) is 5.75 Å². The quantitative estimate of drug-likeness (QED) is 0.790. The van der Waals surface area contributed by atoms with E-state index in [1.54, 1.807) is 7.11 Å². The lowest BCUT2D eigenvalue weighted by Crippen LogP contribution is -2.47. The van der Waals surface area contributed by atoms with Gasteiger partial charge in [-0.25, -0.2) is 0 Å². The molecule has 1 saturated heterocycles. The first-order valence-electron chi connectivity index (χ1n) is 9.03. The second-order valence-electron chi connectivity index (χ2n) is 6.64. The van der Waals surface area contributed by atoms with E-state index in [1.165, 1.54) is 0 Å². The number of hydrogen-bond donors (Lipinski definition) is 1. The largest absolute Gasteiger partial charge is 0.497 e. The summed E-state index contributed by atoms with van der Waals surface area (Å²) in [5.41, 5.74) is 1.63. The molecule has 0 atom stereocenters. The van der Waals surface area contributed by atoms with E-state index in [2.05, 4.69) is 21.2 Å². The molecule has 0 bridgehead atoms. The van der Waals surface area contributed by atoms with Crippen LogP contribution in [-0.2, 0) is 11.2 Å². The molecule has 3 rings (SSSR count). The standard InChI is InChI=1S/C21H23BrN2O3/c1-27-17-8-6-15(7-9-17)14-20(25)23-16-10-12-24(13-11-16)21(26)18-4-2-3-5-19(18)22/h2-9,16H,10-14H2,1H3,(H,23,25). The number of halogens is 1. The Kier molecular flexibility index (Phi) is 6.50. The SMILES string of the molecule is COc1ccc(CC(=O)NC2CCN(C(=O)c3ccccc3Br)CC2)cc1. The number of ether oxygens (including phenoxy) is 1. The monoisotopic (exact) mass is 430 g/mol. The number of hydrogen-bond acceptors (Lipinski definition) is 3. The lowest BCUT2D eigenvalue weighted by atomic mass is 10.0. The van der Waals surface area contributed by atoms with Gasteiger partial charge < -0.3 is 15.0 Å². The molecule has 27 heavy (non-hydrogen) atoms. The minimum atomic E-state index is 0.00995. The number of nitrogens with one attached hydrogen (secondary N) is 1. The number of amides is 2. The summed E-state index contributed by atoms with van der Waals surface area (Å²) in [5, 5.41) is 3.09. The van der Waals surface area contributed by atoms with Crippen LogP contribution < -0.4 is 10.1 Å². The second kappa shape index (κ2) is 9.04. The molecule has 2 amide bonds. The molecule has 1 fully saturated rings. The van der Waals surface area contributed by atoms with Crippen LogP contribution in [0.15, 0.2) is 53.0 Å². The van der Waals surface area contributed by atoms with Gasteiger partial charge in [0.25, 0.3) is 5.91 Å². The van der Waals surface area contributed by atoms with E-state index in [-0.39, 0.29) is 17.9 Å². The Balaban J connectivity index is 1.48. The van der Waals surface area contributed by atoms with Crippen LogP contribution in [0.3, 0.4) is 0 Å². The van der Waals surface area contributed by atoms with Gasteiger partial charge in [-0.1, -0.05) is 24.3 Å². The van der Waals surface area contributed by atoms with Crippen LogP contribution >= 0.6 is 15.9 Å². The number of methoxy groups -OCH3 is 1. The Hall–Kier alpha value is -2.34. The third-order valence-electron chi connectivity index (χ3n) is 4.78. The molecule has 1 aliphatic rings. The van der Waals surface area contributed by atoms with Crippen molar-refractivity contribution in [1.82, 2.24) is 10.2 Å². The van der Waals surface area contributed by atoms with Gasteiger partial charge in [0.05, 0.1) is 19.1 Å².